The van der Waals surface area contributed by atoms with Crippen molar-refractivity contribution in [3.8, 4) is 0 Å². The summed E-state index contributed by atoms with van der Waals surface area (Å²) in [5, 5.41) is 6.24. The predicted molar refractivity (Wildman–Crippen MR) is 102 cm³/mol. The standard InChI is InChI=1S/C19H29N3O3S/c23-19(21-11-9-16-8-10-20-15-16)17-6-5-7-18(14-17)26(24,25)22-12-3-1-2-4-13-22/h5-7,14,16,20H,1-4,8-13,15H2,(H,21,23). The molecule has 144 valence electrons. The van der Waals surface area contributed by atoms with Crippen LogP contribution < -0.4 is 10.6 Å². The van der Waals surface area contributed by atoms with Gasteiger partial charge in [-0.3, -0.25) is 4.79 Å². The molecule has 1 unspecified atom stereocenters. The number of carbonyl (C=O) groups is 1. The highest BCUT2D eigenvalue weighted by molar-refractivity contribution is 7.89. The van der Waals surface area contributed by atoms with Gasteiger partial charge in [0.05, 0.1) is 4.90 Å². The normalized spacial score (nSPS) is 22.1. The van der Waals surface area contributed by atoms with E-state index in [2.05, 4.69) is 10.6 Å². The van der Waals surface area contributed by atoms with Crippen LogP contribution in [0.5, 0.6) is 0 Å². The van der Waals surface area contributed by atoms with E-state index in [1.807, 2.05) is 0 Å². The van der Waals surface area contributed by atoms with Crippen molar-refractivity contribution in [3.05, 3.63) is 29.8 Å². The molecule has 0 bridgehead atoms. The van der Waals surface area contributed by atoms with Crippen molar-refractivity contribution in [2.75, 3.05) is 32.7 Å². The highest BCUT2D eigenvalue weighted by Gasteiger charge is 2.25. The quantitative estimate of drug-likeness (QED) is 0.792. The third-order valence-electron chi connectivity index (χ3n) is 5.30. The van der Waals surface area contributed by atoms with Gasteiger partial charge in [-0.1, -0.05) is 18.9 Å². The summed E-state index contributed by atoms with van der Waals surface area (Å²) in [6.07, 6.45) is 6.05. The number of amides is 1. The number of hydrogen-bond acceptors (Lipinski definition) is 4. The summed E-state index contributed by atoms with van der Waals surface area (Å²) in [5.41, 5.74) is 0.408. The number of carbonyl (C=O) groups excluding carboxylic acids is 1. The fourth-order valence-electron chi connectivity index (χ4n) is 3.68. The highest BCUT2D eigenvalue weighted by Crippen LogP contribution is 2.21. The van der Waals surface area contributed by atoms with Crippen molar-refractivity contribution in [1.29, 1.82) is 0 Å². The summed E-state index contributed by atoms with van der Waals surface area (Å²) in [6.45, 7) is 3.81. The molecule has 2 fully saturated rings. The molecule has 1 atom stereocenters. The molecule has 1 amide bonds. The van der Waals surface area contributed by atoms with E-state index < -0.39 is 10.0 Å². The molecule has 6 nitrogen and oxygen atoms in total. The first-order chi connectivity index (χ1) is 12.6. The summed E-state index contributed by atoms with van der Waals surface area (Å²) in [5.74, 6) is 0.411. The molecule has 0 aliphatic carbocycles. The number of hydrogen-bond donors (Lipinski definition) is 2. The molecular weight excluding hydrogens is 350 g/mol. The molecule has 0 saturated carbocycles. The Kier molecular flexibility index (Phi) is 6.67. The Labute approximate surface area is 156 Å². The van der Waals surface area contributed by atoms with Gasteiger partial charge in [-0.25, -0.2) is 8.42 Å². The van der Waals surface area contributed by atoms with Crippen LogP contribution in [-0.2, 0) is 10.0 Å². The van der Waals surface area contributed by atoms with Crippen molar-refractivity contribution in [2.24, 2.45) is 5.92 Å². The third-order valence-corrected chi connectivity index (χ3v) is 7.19. The van der Waals surface area contributed by atoms with E-state index in [0.717, 1.165) is 51.6 Å². The van der Waals surface area contributed by atoms with Crippen molar-refractivity contribution in [2.45, 2.75) is 43.4 Å². The van der Waals surface area contributed by atoms with Gasteiger partial charge in [-0.05, 0) is 62.9 Å². The molecule has 3 rings (SSSR count). The lowest BCUT2D eigenvalue weighted by atomic mass is 10.1. The lowest BCUT2D eigenvalue weighted by molar-refractivity contribution is 0.0951. The third kappa shape index (κ3) is 4.84. The first kappa shape index (κ1) is 19.3. The van der Waals surface area contributed by atoms with Crippen LogP contribution in [0.3, 0.4) is 0 Å². The number of nitrogens with zero attached hydrogens (tertiary/aromatic N) is 1. The maximum absolute atomic E-state index is 12.9. The lowest BCUT2D eigenvalue weighted by Gasteiger charge is -2.20. The van der Waals surface area contributed by atoms with Gasteiger partial charge in [0, 0.05) is 25.2 Å². The van der Waals surface area contributed by atoms with Crippen LogP contribution in [0.1, 0.15) is 48.9 Å². The van der Waals surface area contributed by atoms with Crippen LogP contribution in [0.2, 0.25) is 0 Å². The Bertz CT molecular complexity index is 706. The fourth-order valence-corrected chi connectivity index (χ4v) is 5.25. The van der Waals surface area contributed by atoms with E-state index in [0.29, 0.717) is 31.1 Å². The monoisotopic (exact) mass is 379 g/mol. The van der Waals surface area contributed by atoms with Crippen molar-refractivity contribution < 1.29 is 13.2 Å². The molecule has 0 aromatic heterocycles. The lowest BCUT2D eigenvalue weighted by Crippen LogP contribution is -2.32. The van der Waals surface area contributed by atoms with Crippen molar-refractivity contribution >= 4 is 15.9 Å². The van der Waals surface area contributed by atoms with E-state index in [-0.39, 0.29) is 10.8 Å². The topological polar surface area (TPSA) is 78.5 Å². The van der Waals surface area contributed by atoms with Gasteiger partial charge in [0.15, 0.2) is 0 Å². The average molecular weight is 380 g/mol. The van der Waals surface area contributed by atoms with Gasteiger partial charge in [-0.15, -0.1) is 0 Å². The zero-order chi connectivity index (χ0) is 18.4. The minimum Gasteiger partial charge on any atom is -0.352 e. The second-order valence-electron chi connectivity index (χ2n) is 7.25. The zero-order valence-corrected chi connectivity index (χ0v) is 16.1. The Morgan fingerprint density at radius 3 is 2.65 bits per heavy atom. The summed E-state index contributed by atoms with van der Waals surface area (Å²) in [4.78, 5) is 12.6. The molecule has 2 heterocycles. The van der Waals surface area contributed by atoms with Crippen LogP contribution in [0.25, 0.3) is 0 Å². The first-order valence-corrected chi connectivity index (χ1v) is 11.1. The maximum Gasteiger partial charge on any atom is 0.251 e. The maximum atomic E-state index is 12.9. The molecule has 2 N–H and O–H groups in total. The predicted octanol–water partition coefficient (Wildman–Crippen LogP) is 1.98. The van der Waals surface area contributed by atoms with Gasteiger partial charge in [-0.2, -0.15) is 4.31 Å². The fraction of sp³-hybridized carbons (Fsp3) is 0.632. The Morgan fingerprint density at radius 2 is 1.96 bits per heavy atom. The Hall–Kier alpha value is -1.44. The number of sulfonamides is 1. The molecule has 2 aliphatic heterocycles. The van der Waals surface area contributed by atoms with E-state index in [1.165, 1.54) is 6.07 Å². The van der Waals surface area contributed by atoms with Gasteiger partial charge >= 0.3 is 0 Å². The summed E-state index contributed by atoms with van der Waals surface area (Å²) in [7, 11) is -3.53. The van der Waals surface area contributed by atoms with Crippen LogP contribution in [-0.4, -0.2) is 51.4 Å². The molecule has 1 aromatic rings. The SMILES string of the molecule is O=C(NCCC1CCNC1)c1cccc(S(=O)(=O)N2CCCCCC2)c1. The molecule has 1 aromatic carbocycles. The van der Waals surface area contributed by atoms with E-state index in [4.69, 9.17) is 0 Å². The molecule has 2 aliphatic rings. The van der Waals surface area contributed by atoms with Crippen molar-refractivity contribution in [1.82, 2.24) is 14.9 Å². The van der Waals surface area contributed by atoms with E-state index >= 15 is 0 Å². The Morgan fingerprint density at radius 1 is 1.19 bits per heavy atom. The summed E-state index contributed by atoms with van der Waals surface area (Å²) >= 11 is 0. The molecule has 0 spiro atoms. The minimum atomic E-state index is -3.53. The smallest absolute Gasteiger partial charge is 0.251 e. The van der Waals surface area contributed by atoms with E-state index in [9.17, 15) is 13.2 Å². The first-order valence-electron chi connectivity index (χ1n) is 9.66. The molecule has 26 heavy (non-hydrogen) atoms. The van der Waals surface area contributed by atoms with Gasteiger partial charge < -0.3 is 10.6 Å². The average Bonchev–Trinajstić information content (AvgIpc) is 3.00. The molecule has 7 heteroatoms. The second-order valence-corrected chi connectivity index (χ2v) is 9.19. The van der Waals surface area contributed by atoms with Crippen LogP contribution in [0.15, 0.2) is 29.2 Å². The Balaban J connectivity index is 1.63. The van der Waals surface area contributed by atoms with Crippen LogP contribution >= 0.6 is 0 Å². The highest BCUT2D eigenvalue weighted by atomic mass is 32.2. The van der Waals surface area contributed by atoms with E-state index in [1.54, 1.807) is 22.5 Å². The van der Waals surface area contributed by atoms with Gasteiger partial charge in [0.1, 0.15) is 0 Å². The number of nitrogens with one attached hydrogen (secondary N) is 2. The summed E-state index contributed by atoms with van der Waals surface area (Å²) in [6, 6.07) is 6.42. The van der Waals surface area contributed by atoms with Gasteiger partial charge in [0.2, 0.25) is 10.0 Å². The number of rotatable bonds is 6. The van der Waals surface area contributed by atoms with Crippen LogP contribution in [0, 0.1) is 5.92 Å². The molecule has 0 radical (unpaired) electrons. The summed E-state index contributed by atoms with van der Waals surface area (Å²) < 4.78 is 27.3. The second kappa shape index (κ2) is 8.97. The molecular formula is C19H29N3O3S. The van der Waals surface area contributed by atoms with Gasteiger partial charge in [0.25, 0.3) is 5.91 Å². The number of benzene rings is 1. The molecule has 2 saturated heterocycles. The zero-order valence-electron chi connectivity index (χ0n) is 15.2. The van der Waals surface area contributed by atoms with Crippen LogP contribution in [0.4, 0.5) is 0 Å². The largest absolute Gasteiger partial charge is 0.352 e. The minimum absolute atomic E-state index is 0.205. The van der Waals surface area contributed by atoms with Crippen molar-refractivity contribution in [3.63, 3.8) is 0 Å².